The molecule has 0 saturated carbocycles. The first-order valence-electron chi connectivity index (χ1n) is 5.32. The number of phenols is 1. The first kappa shape index (κ1) is 10.3. The quantitative estimate of drug-likeness (QED) is 0.781. The zero-order valence-electron chi connectivity index (χ0n) is 9.21. The van der Waals surface area contributed by atoms with Gasteiger partial charge in [-0.2, -0.15) is 0 Å². The minimum atomic E-state index is 0.380. The molecule has 3 heteroatoms. The summed E-state index contributed by atoms with van der Waals surface area (Å²) < 4.78 is 5.30. The summed E-state index contributed by atoms with van der Waals surface area (Å²) in [5, 5.41) is 13.2. The Hall–Kier alpha value is -1.22. The van der Waals surface area contributed by atoms with E-state index in [1.165, 1.54) is 0 Å². The van der Waals surface area contributed by atoms with Crippen LogP contribution in [0.5, 0.6) is 5.75 Å². The second kappa shape index (κ2) is 4.11. The first-order chi connectivity index (χ1) is 7.18. The van der Waals surface area contributed by atoms with E-state index in [4.69, 9.17) is 4.74 Å². The molecule has 1 aliphatic rings. The van der Waals surface area contributed by atoms with Crippen LogP contribution in [0.1, 0.15) is 17.5 Å². The maximum Gasteiger partial charge on any atom is 0.123 e. The highest BCUT2D eigenvalue weighted by Crippen LogP contribution is 2.29. The van der Waals surface area contributed by atoms with E-state index in [-0.39, 0.29) is 0 Å². The molecule has 2 rings (SSSR count). The molecule has 0 radical (unpaired) electrons. The fraction of sp³-hybridized carbons (Fsp3) is 0.500. The largest absolute Gasteiger partial charge is 0.507 e. The van der Waals surface area contributed by atoms with Gasteiger partial charge in [-0.3, -0.25) is 0 Å². The number of rotatable bonds is 2. The Morgan fingerprint density at radius 1 is 1.40 bits per heavy atom. The molecule has 15 heavy (non-hydrogen) atoms. The van der Waals surface area contributed by atoms with Crippen LogP contribution in [0.15, 0.2) is 12.1 Å². The molecule has 1 fully saturated rings. The molecule has 1 heterocycles. The van der Waals surface area contributed by atoms with Crippen molar-refractivity contribution in [2.75, 3.05) is 18.5 Å². The maximum atomic E-state index is 9.79. The molecule has 1 aliphatic heterocycles. The van der Waals surface area contributed by atoms with Gasteiger partial charge in [0.15, 0.2) is 0 Å². The highest BCUT2D eigenvalue weighted by molar-refractivity contribution is 5.59. The van der Waals surface area contributed by atoms with Crippen molar-refractivity contribution in [1.82, 2.24) is 0 Å². The summed E-state index contributed by atoms with van der Waals surface area (Å²) in [7, 11) is 0. The Balaban J connectivity index is 2.17. The van der Waals surface area contributed by atoms with Gasteiger partial charge in [-0.1, -0.05) is 6.07 Å². The van der Waals surface area contributed by atoms with Crippen molar-refractivity contribution in [2.24, 2.45) is 0 Å². The van der Waals surface area contributed by atoms with Crippen molar-refractivity contribution in [3.05, 3.63) is 23.3 Å². The molecule has 0 spiro atoms. The molecule has 3 nitrogen and oxygen atoms in total. The van der Waals surface area contributed by atoms with Crippen LogP contribution in [0, 0.1) is 13.8 Å². The lowest BCUT2D eigenvalue weighted by atomic mass is 10.1. The van der Waals surface area contributed by atoms with Crippen LogP contribution in [0.2, 0.25) is 0 Å². The van der Waals surface area contributed by atoms with E-state index < -0.39 is 0 Å². The van der Waals surface area contributed by atoms with Crippen molar-refractivity contribution in [2.45, 2.75) is 26.3 Å². The van der Waals surface area contributed by atoms with Crippen molar-refractivity contribution in [1.29, 1.82) is 0 Å². The Morgan fingerprint density at radius 2 is 2.20 bits per heavy atom. The third-order valence-electron chi connectivity index (χ3n) is 2.92. The summed E-state index contributed by atoms with van der Waals surface area (Å²) in [6.45, 7) is 5.42. The fourth-order valence-electron chi connectivity index (χ4n) is 1.86. The van der Waals surface area contributed by atoms with E-state index >= 15 is 0 Å². The molecule has 1 aromatic rings. The number of anilines is 1. The summed E-state index contributed by atoms with van der Waals surface area (Å²) in [5.74, 6) is 0.388. The van der Waals surface area contributed by atoms with E-state index in [9.17, 15) is 5.11 Å². The third kappa shape index (κ3) is 2.07. The number of aryl methyl sites for hydroxylation is 1. The summed E-state index contributed by atoms with van der Waals surface area (Å²) in [4.78, 5) is 0. The van der Waals surface area contributed by atoms with E-state index in [0.29, 0.717) is 11.8 Å². The number of ether oxygens (including phenoxy) is 1. The van der Waals surface area contributed by atoms with Crippen LogP contribution in [0.25, 0.3) is 0 Å². The molecule has 0 amide bonds. The first-order valence-corrected chi connectivity index (χ1v) is 5.32. The summed E-state index contributed by atoms with van der Waals surface area (Å²) in [5.41, 5.74) is 2.84. The Bertz CT molecular complexity index is 357. The second-order valence-corrected chi connectivity index (χ2v) is 4.11. The third-order valence-corrected chi connectivity index (χ3v) is 2.92. The molecule has 82 valence electrons. The lowest BCUT2D eigenvalue weighted by molar-refractivity contribution is 0.195. The van der Waals surface area contributed by atoms with Crippen LogP contribution >= 0.6 is 0 Å². The monoisotopic (exact) mass is 207 g/mol. The molecule has 1 unspecified atom stereocenters. The smallest absolute Gasteiger partial charge is 0.123 e. The number of hydrogen-bond donors (Lipinski definition) is 2. The average molecular weight is 207 g/mol. The number of phenolic OH excluding ortho intramolecular Hbond substituents is 1. The number of nitrogens with one attached hydrogen (secondary N) is 1. The van der Waals surface area contributed by atoms with Crippen molar-refractivity contribution < 1.29 is 9.84 Å². The van der Waals surface area contributed by atoms with Gasteiger partial charge < -0.3 is 15.2 Å². The van der Waals surface area contributed by atoms with E-state index in [0.717, 1.165) is 36.4 Å². The van der Waals surface area contributed by atoms with Crippen LogP contribution in [0.3, 0.4) is 0 Å². The lowest BCUT2D eigenvalue weighted by Gasteiger charge is -2.16. The molecule has 2 N–H and O–H groups in total. The van der Waals surface area contributed by atoms with Crippen molar-refractivity contribution >= 4 is 5.69 Å². The minimum Gasteiger partial charge on any atom is -0.507 e. The van der Waals surface area contributed by atoms with Gasteiger partial charge in [-0.25, -0.2) is 0 Å². The van der Waals surface area contributed by atoms with Gasteiger partial charge in [0.25, 0.3) is 0 Å². The molecule has 0 aromatic heterocycles. The number of hydrogen-bond acceptors (Lipinski definition) is 3. The van der Waals surface area contributed by atoms with E-state index in [1.54, 1.807) is 0 Å². The van der Waals surface area contributed by atoms with Crippen LogP contribution in [-0.4, -0.2) is 24.4 Å². The molecule has 1 aromatic carbocycles. The van der Waals surface area contributed by atoms with Gasteiger partial charge in [-0.15, -0.1) is 0 Å². The lowest BCUT2D eigenvalue weighted by Crippen LogP contribution is -2.19. The van der Waals surface area contributed by atoms with Crippen molar-refractivity contribution in [3.8, 4) is 5.75 Å². The zero-order chi connectivity index (χ0) is 10.8. The Labute approximate surface area is 90.1 Å². The number of benzene rings is 1. The Kier molecular flexibility index (Phi) is 2.82. The summed E-state index contributed by atoms with van der Waals surface area (Å²) >= 11 is 0. The summed E-state index contributed by atoms with van der Waals surface area (Å²) in [6, 6.07) is 4.33. The average Bonchev–Trinajstić information content (AvgIpc) is 2.72. The highest BCUT2D eigenvalue weighted by atomic mass is 16.5. The predicted molar refractivity (Wildman–Crippen MR) is 60.4 cm³/mol. The topological polar surface area (TPSA) is 41.5 Å². The minimum absolute atomic E-state index is 0.380. The molecule has 0 aliphatic carbocycles. The molecular weight excluding hydrogens is 190 g/mol. The molecule has 1 saturated heterocycles. The molecule has 1 atom stereocenters. The van der Waals surface area contributed by atoms with E-state index in [1.807, 2.05) is 26.0 Å². The number of aromatic hydroxyl groups is 1. The van der Waals surface area contributed by atoms with Gasteiger partial charge in [0, 0.05) is 17.9 Å². The standard InChI is InChI=1S/C12H17NO2/c1-8-3-4-11(9(2)12(8)14)13-10-5-6-15-7-10/h3-4,10,13-14H,5-7H2,1-2H3. The van der Waals surface area contributed by atoms with Crippen LogP contribution in [-0.2, 0) is 4.74 Å². The van der Waals surface area contributed by atoms with Gasteiger partial charge in [0.05, 0.1) is 12.6 Å². The van der Waals surface area contributed by atoms with Crippen LogP contribution in [0.4, 0.5) is 5.69 Å². The summed E-state index contributed by atoms with van der Waals surface area (Å²) in [6.07, 6.45) is 1.04. The van der Waals surface area contributed by atoms with Gasteiger partial charge in [0.2, 0.25) is 0 Å². The fourth-order valence-corrected chi connectivity index (χ4v) is 1.86. The predicted octanol–water partition coefficient (Wildman–Crippen LogP) is 2.21. The molecule has 0 bridgehead atoms. The van der Waals surface area contributed by atoms with Crippen LogP contribution < -0.4 is 5.32 Å². The van der Waals surface area contributed by atoms with Gasteiger partial charge in [-0.05, 0) is 31.9 Å². The second-order valence-electron chi connectivity index (χ2n) is 4.11. The highest BCUT2D eigenvalue weighted by Gasteiger charge is 2.16. The SMILES string of the molecule is Cc1ccc(NC2CCOC2)c(C)c1O. The Morgan fingerprint density at radius 3 is 2.87 bits per heavy atom. The van der Waals surface area contributed by atoms with Gasteiger partial charge >= 0.3 is 0 Å². The van der Waals surface area contributed by atoms with Gasteiger partial charge in [0.1, 0.15) is 5.75 Å². The zero-order valence-corrected chi connectivity index (χ0v) is 9.21. The normalized spacial score (nSPS) is 20.5. The van der Waals surface area contributed by atoms with E-state index in [2.05, 4.69) is 5.32 Å². The molecular formula is C12H17NO2. The maximum absolute atomic E-state index is 9.79. The van der Waals surface area contributed by atoms with Crippen molar-refractivity contribution in [3.63, 3.8) is 0 Å².